The van der Waals surface area contributed by atoms with Crippen LogP contribution in [0.2, 0.25) is 0 Å². The van der Waals surface area contributed by atoms with Gasteiger partial charge in [0.25, 0.3) is 0 Å². The molecule has 1 N–H and O–H groups in total. The van der Waals surface area contributed by atoms with Crippen molar-refractivity contribution in [3.8, 4) is 0 Å². The second kappa shape index (κ2) is 9.70. The third-order valence-corrected chi connectivity index (χ3v) is 3.70. The summed E-state index contributed by atoms with van der Waals surface area (Å²) in [5.74, 6) is 2.17. The molecule has 1 aromatic carbocycles. The van der Waals surface area contributed by atoms with Crippen molar-refractivity contribution in [1.82, 2.24) is 10.2 Å². The van der Waals surface area contributed by atoms with Crippen molar-refractivity contribution in [3.63, 3.8) is 0 Å². The van der Waals surface area contributed by atoms with Crippen LogP contribution in [0.15, 0.2) is 29.3 Å². The molecule has 0 spiro atoms. The van der Waals surface area contributed by atoms with Gasteiger partial charge >= 0.3 is 0 Å². The molecular formula is C16H27N3S. The number of nitrogens with one attached hydrogen (secondary N) is 1. The lowest BCUT2D eigenvalue weighted by Crippen LogP contribution is -2.38. The van der Waals surface area contributed by atoms with E-state index in [4.69, 9.17) is 0 Å². The van der Waals surface area contributed by atoms with E-state index < -0.39 is 0 Å². The predicted molar refractivity (Wildman–Crippen MR) is 91.6 cm³/mol. The molecule has 0 heterocycles. The lowest BCUT2D eigenvalue weighted by molar-refractivity contribution is 0.477. The van der Waals surface area contributed by atoms with Gasteiger partial charge in [0.2, 0.25) is 0 Å². The number of aliphatic imine (C=N–C) groups is 1. The van der Waals surface area contributed by atoms with E-state index in [0.717, 1.165) is 32.0 Å². The van der Waals surface area contributed by atoms with E-state index in [1.54, 1.807) is 0 Å². The third kappa shape index (κ3) is 6.33. The molecule has 0 unspecified atom stereocenters. The zero-order valence-corrected chi connectivity index (χ0v) is 14.0. The normalized spacial score (nSPS) is 11.5. The number of benzene rings is 1. The van der Waals surface area contributed by atoms with Crippen LogP contribution in [-0.4, -0.2) is 43.0 Å². The van der Waals surface area contributed by atoms with Crippen molar-refractivity contribution in [3.05, 3.63) is 35.4 Å². The summed E-state index contributed by atoms with van der Waals surface area (Å²) in [4.78, 5) is 6.87. The summed E-state index contributed by atoms with van der Waals surface area (Å²) in [6.07, 6.45) is 3.27. The standard InChI is InChI=1S/C16H27N3S/c1-5-17-16(18-11-6-12-20-4)19(3)13-15-9-7-14(2)8-10-15/h7-10H,5-6,11-13H2,1-4H3,(H,17,18). The lowest BCUT2D eigenvalue weighted by Gasteiger charge is -2.22. The van der Waals surface area contributed by atoms with E-state index in [0.29, 0.717) is 0 Å². The molecule has 0 saturated carbocycles. The fourth-order valence-electron chi connectivity index (χ4n) is 1.91. The molecule has 0 fully saturated rings. The van der Waals surface area contributed by atoms with Crippen molar-refractivity contribution in [2.45, 2.75) is 26.8 Å². The van der Waals surface area contributed by atoms with Gasteiger partial charge in [0, 0.05) is 26.7 Å². The quantitative estimate of drug-likeness (QED) is 0.475. The van der Waals surface area contributed by atoms with Gasteiger partial charge in [-0.15, -0.1) is 0 Å². The minimum Gasteiger partial charge on any atom is -0.357 e. The average molecular weight is 293 g/mol. The van der Waals surface area contributed by atoms with Crippen LogP contribution in [0.4, 0.5) is 0 Å². The zero-order chi connectivity index (χ0) is 14.8. The summed E-state index contributed by atoms with van der Waals surface area (Å²) in [7, 11) is 2.09. The Hall–Kier alpha value is -1.16. The third-order valence-electron chi connectivity index (χ3n) is 3.00. The first-order valence-corrected chi connectivity index (χ1v) is 8.60. The maximum atomic E-state index is 4.68. The molecule has 3 nitrogen and oxygen atoms in total. The molecule has 0 aliphatic carbocycles. The monoisotopic (exact) mass is 293 g/mol. The minimum atomic E-state index is 0.884. The van der Waals surface area contributed by atoms with E-state index in [9.17, 15) is 0 Å². The Morgan fingerprint density at radius 1 is 1.30 bits per heavy atom. The largest absolute Gasteiger partial charge is 0.357 e. The SMILES string of the molecule is CCNC(=NCCCSC)N(C)Cc1ccc(C)cc1. The van der Waals surface area contributed by atoms with E-state index in [-0.39, 0.29) is 0 Å². The van der Waals surface area contributed by atoms with Crippen LogP contribution in [0.5, 0.6) is 0 Å². The Labute approximate surface area is 127 Å². The minimum absolute atomic E-state index is 0.884. The highest BCUT2D eigenvalue weighted by Crippen LogP contribution is 2.06. The summed E-state index contributed by atoms with van der Waals surface area (Å²) >= 11 is 1.88. The number of guanidine groups is 1. The second-order valence-corrected chi connectivity index (χ2v) is 5.91. The van der Waals surface area contributed by atoms with Gasteiger partial charge < -0.3 is 10.2 Å². The van der Waals surface area contributed by atoms with Gasteiger partial charge in [-0.05, 0) is 37.8 Å². The van der Waals surface area contributed by atoms with Gasteiger partial charge in [0.1, 0.15) is 0 Å². The summed E-state index contributed by atoms with van der Waals surface area (Å²) in [5.41, 5.74) is 2.61. The molecule has 0 aliphatic rings. The van der Waals surface area contributed by atoms with Crippen LogP contribution in [0.3, 0.4) is 0 Å². The molecule has 1 rings (SSSR count). The summed E-state index contributed by atoms with van der Waals surface area (Å²) < 4.78 is 0. The maximum absolute atomic E-state index is 4.68. The van der Waals surface area contributed by atoms with Gasteiger partial charge in [0.05, 0.1) is 0 Å². The van der Waals surface area contributed by atoms with E-state index >= 15 is 0 Å². The van der Waals surface area contributed by atoms with Crippen molar-refractivity contribution < 1.29 is 0 Å². The van der Waals surface area contributed by atoms with Gasteiger partial charge in [-0.25, -0.2) is 0 Å². The second-order valence-electron chi connectivity index (χ2n) is 4.92. The molecule has 4 heteroatoms. The molecule has 0 bridgehead atoms. The summed E-state index contributed by atoms with van der Waals surface area (Å²) in [6.45, 7) is 6.90. The number of hydrogen-bond acceptors (Lipinski definition) is 2. The van der Waals surface area contributed by atoms with Gasteiger partial charge in [-0.2, -0.15) is 11.8 Å². The highest BCUT2D eigenvalue weighted by molar-refractivity contribution is 7.98. The van der Waals surface area contributed by atoms with Gasteiger partial charge in [0.15, 0.2) is 5.96 Å². The number of thioether (sulfide) groups is 1. The first kappa shape index (κ1) is 16.9. The Morgan fingerprint density at radius 2 is 2.00 bits per heavy atom. The molecule has 112 valence electrons. The van der Waals surface area contributed by atoms with Gasteiger partial charge in [-0.3, -0.25) is 4.99 Å². The van der Waals surface area contributed by atoms with Crippen LogP contribution in [0, 0.1) is 6.92 Å². The molecule has 0 radical (unpaired) electrons. The van der Waals surface area contributed by atoms with Crippen LogP contribution in [0.25, 0.3) is 0 Å². The van der Waals surface area contributed by atoms with E-state index in [1.807, 2.05) is 11.8 Å². The number of nitrogens with zero attached hydrogens (tertiary/aromatic N) is 2. The fourth-order valence-corrected chi connectivity index (χ4v) is 2.32. The Kier molecular flexibility index (Phi) is 8.19. The highest BCUT2D eigenvalue weighted by atomic mass is 32.2. The maximum Gasteiger partial charge on any atom is 0.193 e. The topological polar surface area (TPSA) is 27.6 Å². The number of hydrogen-bond donors (Lipinski definition) is 1. The Bertz CT molecular complexity index is 401. The Balaban J connectivity index is 2.58. The van der Waals surface area contributed by atoms with Crippen molar-refractivity contribution in [2.75, 3.05) is 32.1 Å². The molecule has 0 aliphatic heterocycles. The van der Waals surface area contributed by atoms with Crippen LogP contribution in [-0.2, 0) is 6.54 Å². The predicted octanol–water partition coefficient (Wildman–Crippen LogP) is 3.15. The molecule has 1 aromatic rings. The van der Waals surface area contributed by atoms with Crippen LogP contribution in [0.1, 0.15) is 24.5 Å². The molecule has 0 amide bonds. The molecule has 0 saturated heterocycles. The van der Waals surface area contributed by atoms with Gasteiger partial charge in [-0.1, -0.05) is 29.8 Å². The first-order chi connectivity index (χ1) is 9.67. The first-order valence-electron chi connectivity index (χ1n) is 7.21. The lowest BCUT2D eigenvalue weighted by atomic mass is 10.1. The number of rotatable bonds is 7. The zero-order valence-electron chi connectivity index (χ0n) is 13.1. The van der Waals surface area contributed by atoms with E-state index in [1.165, 1.54) is 16.9 Å². The molecule has 0 atom stereocenters. The average Bonchev–Trinajstić information content (AvgIpc) is 2.44. The smallest absolute Gasteiger partial charge is 0.193 e. The van der Waals surface area contributed by atoms with E-state index in [2.05, 4.69) is 66.6 Å². The summed E-state index contributed by atoms with van der Waals surface area (Å²) in [6, 6.07) is 8.68. The molecule has 0 aromatic heterocycles. The van der Waals surface area contributed by atoms with Crippen molar-refractivity contribution in [2.24, 2.45) is 4.99 Å². The van der Waals surface area contributed by atoms with Crippen molar-refractivity contribution in [1.29, 1.82) is 0 Å². The van der Waals surface area contributed by atoms with Crippen LogP contribution >= 0.6 is 11.8 Å². The number of aryl methyl sites for hydroxylation is 1. The Morgan fingerprint density at radius 3 is 2.60 bits per heavy atom. The molecular weight excluding hydrogens is 266 g/mol. The highest BCUT2D eigenvalue weighted by Gasteiger charge is 2.05. The molecule has 20 heavy (non-hydrogen) atoms. The van der Waals surface area contributed by atoms with Crippen molar-refractivity contribution >= 4 is 17.7 Å². The van der Waals surface area contributed by atoms with Crippen LogP contribution < -0.4 is 5.32 Å². The summed E-state index contributed by atoms with van der Waals surface area (Å²) in [5, 5.41) is 3.36. The fraction of sp³-hybridized carbons (Fsp3) is 0.562.